The Hall–Kier alpha value is -1.31. The summed E-state index contributed by atoms with van der Waals surface area (Å²) in [5.41, 5.74) is 4.94. The summed E-state index contributed by atoms with van der Waals surface area (Å²) in [6.07, 6.45) is 1.50. The zero-order valence-corrected chi connectivity index (χ0v) is 10.5. The van der Waals surface area contributed by atoms with Crippen LogP contribution in [0.3, 0.4) is 0 Å². The number of hydrogen-bond donors (Lipinski definition) is 1. The summed E-state index contributed by atoms with van der Waals surface area (Å²) < 4.78 is 0. The van der Waals surface area contributed by atoms with Gasteiger partial charge in [0.1, 0.15) is 0 Å². The van der Waals surface area contributed by atoms with E-state index in [2.05, 4.69) is 45.1 Å². The van der Waals surface area contributed by atoms with Crippen LogP contribution in [0.2, 0.25) is 0 Å². The van der Waals surface area contributed by atoms with Crippen LogP contribution in [0.25, 0.3) is 0 Å². The Bertz CT molecular complexity index is 441. The van der Waals surface area contributed by atoms with Gasteiger partial charge in [0.2, 0.25) is 5.91 Å². The first-order chi connectivity index (χ1) is 7.41. The van der Waals surface area contributed by atoms with Gasteiger partial charge in [0.05, 0.1) is 6.42 Å². The molecule has 0 saturated heterocycles. The van der Waals surface area contributed by atoms with Gasteiger partial charge in [-0.2, -0.15) is 0 Å². The molecule has 1 N–H and O–H groups in total. The summed E-state index contributed by atoms with van der Waals surface area (Å²) in [5.74, 6) is 0.121. The zero-order valence-electron chi connectivity index (χ0n) is 10.5. The molecule has 16 heavy (non-hydrogen) atoms. The van der Waals surface area contributed by atoms with Gasteiger partial charge >= 0.3 is 0 Å². The first-order valence-corrected chi connectivity index (χ1v) is 5.88. The maximum absolute atomic E-state index is 11.4. The first-order valence-electron chi connectivity index (χ1n) is 5.88. The SMILES string of the molecule is CCc1cc(C(C)(C)C)cc2c1NC(=O)C2. The lowest BCUT2D eigenvalue weighted by Gasteiger charge is -2.21. The van der Waals surface area contributed by atoms with Crippen molar-refractivity contribution >= 4 is 11.6 Å². The number of amides is 1. The molecule has 2 rings (SSSR count). The van der Waals surface area contributed by atoms with Crippen molar-refractivity contribution in [3.63, 3.8) is 0 Å². The molecule has 0 saturated carbocycles. The van der Waals surface area contributed by atoms with Gasteiger partial charge in [-0.1, -0.05) is 39.8 Å². The Balaban J connectivity index is 2.55. The second-order valence-electron chi connectivity index (χ2n) is 5.50. The minimum Gasteiger partial charge on any atom is -0.325 e. The van der Waals surface area contributed by atoms with Gasteiger partial charge in [-0.15, -0.1) is 0 Å². The number of hydrogen-bond acceptors (Lipinski definition) is 1. The molecule has 1 aliphatic rings. The van der Waals surface area contributed by atoms with Crippen LogP contribution in [0.5, 0.6) is 0 Å². The number of fused-ring (bicyclic) bond motifs is 1. The largest absolute Gasteiger partial charge is 0.325 e. The van der Waals surface area contributed by atoms with Crippen molar-refractivity contribution in [2.45, 2.75) is 46.0 Å². The summed E-state index contributed by atoms with van der Waals surface area (Å²) in [5, 5.41) is 2.96. The predicted molar refractivity (Wildman–Crippen MR) is 66.9 cm³/mol. The molecule has 1 aromatic rings. The zero-order chi connectivity index (χ0) is 11.9. The molecule has 86 valence electrons. The molecule has 2 heteroatoms. The highest BCUT2D eigenvalue weighted by Gasteiger charge is 2.24. The summed E-state index contributed by atoms with van der Waals surface area (Å²) in [7, 11) is 0. The molecule has 0 atom stereocenters. The molecule has 0 aromatic heterocycles. The minimum atomic E-state index is 0.121. The number of anilines is 1. The van der Waals surface area contributed by atoms with Crippen LogP contribution in [0, 0.1) is 0 Å². The lowest BCUT2D eigenvalue weighted by molar-refractivity contribution is -0.115. The van der Waals surface area contributed by atoms with E-state index in [1.54, 1.807) is 0 Å². The number of carbonyl (C=O) groups excluding carboxylic acids is 1. The third-order valence-corrected chi connectivity index (χ3v) is 3.16. The maximum Gasteiger partial charge on any atom is 0.228 e. The molecular weight excluding hydrogens is 198 g/mol. The molecule has 2 nitrogen and oxygen atoms in total. The fourth-order valence-corrected chi connectivity index (χ4v) is 2.14. The van der Waals surface area contributed by atoms with Crippen LogP contribution in [0.1, 0.15) is 44.4 Å². The summed E-state index contributed by atoms with van der Waals surface area (Å²) >= 11 is 0. The molecule has 1 aliphatic heterocycles. The van der Waals surface area contributed by atoms with Crippen molar-refractivity contribution in [2.75, 3.05) is 5.32 Å². The lowest BCUT2D eigenvalue weighted by atomic mass is 9.84. The molecule has 0 spiro atoms. The number of aryl methyl sites for hydroxylation is 1. The van der Waals surface area contributed by atoms with Gasteiger partial charge in [-0.3, -0.25) is 4.79 Å². The van der Waals surface area contributed by atoms with E-state index in [0.29, 0.717) is 6.42 Å². The van der Waals surface area contributed by atoms with Crippen LogP contribution in [-0.2, 0) is 23.1 Å². The molecule has 1 amide bonds. The third kappa shape index (κ3) is 1.84. The Morgan fingerprint density at radius 2 is 2.00 bits per heavy atom. The normalized spacial score (nSPS) is 14.9. The standard InChI is InChI=1S/C14H19NO/c1-5-9-6-11(14(2,3)4)7-10-8-12(16)15-13(9)10/h6-7H,5,8H2,1-4H3,(H,15,16). The van der Waals surface area contributed by atoms with Crippen molar-refractivity contribution < 1.29 is 4.79 Å². The van der Waals surface area contributed by atoms with E-state index in [0.717, 1.165) is 17.7 Å². The van der Waals surface area contributed by atoms with E-state index in [9.17, 15) is 4.79 Å². The lowest BCUT2D eigenvalue weighted by Crippen LogP contribution is -2.12. The van der Waals surface area contributed by atoms with Gasteiger partial charge in [0, 0.05) is 5.69 Å². The Labute approximate surface area is 97.1 Å². The van der Waals surface area contributed by atoms with Crippen LogP contribution < -0.4 is 5.32 Å². The maximum atomic E-state index is 11.4. The summed E-state index contributed by atoms with van der Waals surface area (Å²) in [6, 6.07) is 4.40. The quantitative estimate of drug-likeness (QED) is 0.769. The van der Waals surface area contributed by atoms with Gasteiger partial charge in [0.15, 0.2) is 0 Å². The minimum absolute atomic E-state index is 0.121. The summed E-state index contributed by atoms with van der Waals surface area (Å²) in [4.78, 5) is 11.4. The van der Waals surface area contributed by atoms with Crippen molar-refractivity contribution in [1.29, 1.82) is 0 Å². The third-order valence-electron chi connectivity index (χ3n) is 3.16. The molecule has 0 aliphatic carbocycles. The number of carbonyl (C=O) groups is 1. The smallest absolute Gasteiger partial charge is 0.228 e. The van der Waals surface area contributed by atoms with E-state index in [1.165, 1.54) is 11.1 Å². The number of rotatable bonds is 1. The van der Waals surface area contributed by atoms with E-state index in [-0.39, 0.29) is 11.3 Å². The van der Waals surface area contributed by atoms with E-state index in [1.807, 2.05) is 0 Å². The highest BCUT2D eigenvalue weighted by Crippen LogP contribution is 2.33. The van der Waals surface area contributed by atoms with Gasteiger partial charge in [-0.05, 0) is 28.5 Å². The average Bonchev–Trinajstić information content (AvgIpc) is 2.54. The van der Waals surface area contributed by atoms with Gasteiger partial charge in [0.25, 0.3) is 0 Å². The Kier molecular flexibility index (Phi) is 2.53. The predicted octanol–water partition coefficient (Wildman–Crippen LogP) is 3.04. The molecular formula is C14H19NO. The molecule has 0 bridgehead atoms. The van der Waals surface area contributed by atoms with E-state index >= 15 is 0 Å². The highest BCUT2D eigenvalue weighted by atomic mass is 16.1. The molecule has 0 fully saturated rings. The monoisotopic (exact) mass is 217 g/mol. The van der Waals surface area contributed by atoms with Crippen molar-refractivity contribution in [3.05, 3.63) is 28.8 Å². The average molecular weight is 217 g/mol. The fraction of sp³-hybridized carbons (Fsp3) is 0.500. The topological polar surface area (TPSA) is 29.1 Å². The van der Waals surface area contributed by atoms with Crippen LogP contribution in [-0.4, -0.2) is 5.91 Å². The second kappa shape index (κ2) is 3.62. The summed E-state index contributed by atoms with van der Waals surface area (Å²) in [6.45, 7) is 8.75. The van der Waals surface area contributed by atoms with Crippen LogP contribution in [0.4, 0.5) is 5.69 Å². The van der Waals surface area contributed by atoms with Gasteiger partial charge in [-0.25, -0.2) is 0 Å². The first kappa shape index (κ1) is 11.2. The fourth-order valence-electron chi connectivity index (χ4n) is 2.14. The second-order valence-corrected chi connectivity index (χ2v) is 5.50. The van der Waals surface area contributed by atoms with Crippen molar-refractivity contribution in [1.82, 2.24) is 0 Å². The van der Waals surface area contributed by atoms with E-state index in [4.69, 9.17) is 0 Å². The van der Waals surface area contributed by atoms with Crippen molar-refractivity contribution in [2.24, 2.45) is 0 Å². The number of nitrogens with one attached hydrogen (secondary N) is 1. The number of benzene rings is 1. The van der Waals surface area contributed by atoms with E-state index < -0.39 is 0 Å². The molecule has 1 heterocycles. The molecule has 1 aromatic carbocycles. The van der Waals surface area contributed by atoms with Crippen LogP contribution >= 0.6 is 0 Å². The van der Waals surface area contributed by atoms with Crippen molar-refractivity contribution in [3.8, 4) is 0 Å². The van der Waals surface area contributed by atoms with Gasteiger partial charge < -0.3 is 5.32 Å². The molecule has 0 unspecified atom stereocenters. The highest BCUT2D eigenvalue weighted by molar-refractivity contribution is 6.00. The Morgan fingerprint density at radius 3 is 2.56 bits per heavy atom. The Morgan fingerprint density at radius 1 is 1.31 bits per heavy atom. The molecule has 0 radical (unpaired) electrons. The van der Waals surface area contributed by atoms with Crippen LogP contribution in [0.15, 0.2) is 12.1 Å².